The highest BCUT2D eigenvalue weighted by molar-refractivity contribution is 6.38. The van der Waals surface area contributed by atoms with Crippen molar-refractivity contribution in [3.05, 3.63) is 53.6 Å². The molecule has 0 saturated heterocycles. The molecule has 0 fully saturated rings. The third-order valence-corrected chi connectivity index (χ3v) is 3.42. The van der Waals surface area contributed by atoms with Crippen LogP contribution in [0.4, 0.5) is 0 Å². The zero-order valence-electron chi connectivity index (χ0n) is 12.9. The molecule has 0 radical (unpaired) electrons. The Labute approximate surface area is 137 Å². The second kappa shape index (κ2) is 7.19. The molecule has 2 amide bonds. The van der Waals surface area contributed by atoms with Crippen molar-refractivity contribution in [3.63, 3.8) is 0 Å². The monoisotopic (exact) mass is 325 g/mol. The van der Waals surface area contributed by atoms with Gasteiger partial charge in [-0.1, -0.05) is 30.3 Å². The summed E-state index contributed by atoms with van der Waals surface area (Å²) in [6, 6.07) is 7.75. The van der Waals surface area contributed by atoms with Crippen LogP contribution < -0.4 is 11.1 Å². The second-order valence-electron chi connectivity index (χ2n) is 5.07. The number of ketones is 1. The van der Waals surface area contributed by atoms with Gasteiger partial charge in [-0.2, -0.15) is 5.26 Å². The third-order valence-electron chi connectivity index (χ3n) is 3.42. The van der Waals surface area contributed by atoms with Gasteiger partial charge in [0.25, 0.3) is 11.8 Å². The molecule has 1 aromatic carbocycles. The van der Waals surface area contributed by atoms with Gasteiger partial charge in [-0.3, -0.25) is 14.4 Å². The van der Waals surface area contributed by atoms with Gasteiger partial charge in [-0.25, -0.2) is 9.55 Å². The van der Waals surface area contributed by atoms with Crippen molar-refractivity contribution in [2.75, 3.05) is 0 Å². The molecule has 1 aromatic heterocycles. The molecule has 1 atom stereocenters. The van der Waals surface area contributed by atoms with Gasteiger partial charge in [0.05, 0.1) is 6.20 Å². The molecule has 8 nitrogen and oxygen atoms in total. The summed E-state index contributed by atoms with van der Waals surface area (Å²) in [5.41, 5.74) is 5.78. The van der Waals surface area contributed by atoms with E-state index < -0.39 is 23.6 Å². The Morgan fingerprint density at radius 1 is 1.33 bits per heavy atom. The highest BCUT2D eigenvalue weighted by atomic mass is 16.2. The average Bonchev–Trinajstić information content (AvgIpc) is 2.95. The van der Waals surface area contributed by atoms with Crippen LogP contribution >= 0.6 is 0 Å². The van der Waals surface area contributed by atoms with Gasteiger partial charge < -0.3 is 11.1 Å². The fourth-order valence-corrected chi connectivity index (χ4v) is 2.19. The highest BCUT2D eigenvalue weighted by Gasteiger charge is 2.27. The first-order valence-corrected chi connectivity index (χ1v) is 7.07. The van der Waals surface area contributed by atoms with E-state index in [-0.39, 0.29) is 12.1 Å². The summed E-state index contributed by atoms with van der Waals surface area (Å²) in [6.45, 7) is 1.57. The first-order chi connectivity index (χ1) is 11.4. The molecule has 2 aromatic rings. The van der Waals surface area contributed by atoms with Crippen molar-refractivity contribution in [2.45, 2.75) is 19.4 Å². The zero-order chi connectivity index (χ0) is 17.7. The van der Waals surface area contributed by atoms with Crippen LogP contribution in [0.15, 0.2) is 36.5 Å². The van der Waals surface area contributed by atoms with Gasteiger partial charge in [0.1, 0.15) is 17.6 Å². The van der Waals surface area contributed by atoms with Gasteiger partial charge in [0.2, 0.25) is 5.78 Å². The third kappa shape index (κ3) is 3.64. The Hall–Kier alpha value is -3.47. The number of hydrogen-bond donors (Lipinski definition) is 2. The average molecular weight is 325 g/mol. The first-order valence-electron chi connectivity index (χ1n) is 7.07. The summed E-state index contributed by atoms with van der Waals surface area (Å²) in [7, 11) is 0. The van der Waals surface area contributed by atoms with Crippen LogP contribution in [0, 0.1) is 18.4 Å². The molecule has 122 valence electrons. The molecular weight excluding hydrogens is 310 g/mol. The molecule has 0 aliphatic heterocycles. The van der Waals surface area contributed by atoms with Crippen LogP contribution in [-0.4, -0.2) is 33.2 Å². The van der Waals surface area contributed by atoms with E-state index >= 15 is 0 Å². The highest BCUT2D eigenvalue weighted by Crippen LogP contribution is 2.07. The number of nitrogens with zero attached hydrogens (tertiary/aromatic N) is 3. The molecule has 24 heavy (non-hydrogen) atoms. The number of rotatable bonds is 6. The lowest BCUT2D eigenvalue weighted by Crippen LogP contribution is -2.47. The smallest absolute Gasteiger partial charge is 0.287 e. The van der Waals surface area contributed by atoms with E-state index in [9.17, 15) is 14.4 Å². The number of aromatic nitrogens is 2. The Morgan fingerprint density at radius 3 is 2.58 bits per heavy atom. The molecule has 1 heterocycles. The predicted octanol–water partition coefficient (Wildman–Crippen LogP) is -0.0838. The summed E-state index contributed by atoms with van der Waals surface area (Å²) < 4.78 is 1.03. The molecule has 1 unspecified atom stereocenters. The van der Waals surface area contributed by atoms with E-state index in [2.05, 4.69) is 10.3 Å². The number of nitrogens with two attached hydrogens (primary N) is 1. The lowest BCUT2D eigenvalue weighted by molar-refractivity contribution is -0.137. The van der Waals surface area contributed by atoms with E-state index in [4.69, 9.17) is 11.0 Å². The Bertz CT molecular complexity index is 820. The topological polar surface area (TPSA) is 131 Å². The number of primary amides is 1. The number of carbonyl (C=O) groups is 3. The maximum Gasteiger partial charge on any atom is 0.287 e. The van der Waals surface area contributed by atoms with Crippen molar-refractivity contribution in [2.24, 2.45) is 5.73 Å². The number of aryl methyl sites for hydroxylation is 1. The van der Waals surface area contributed by atoms with Gasteiger partial charge in [-0.05, 0) is 12.5 Å². The number of hydrogen-bond acceptors (Lipinski definition) is 5. The van der Waals surface area contributed by atoms with Crippen molar-refractivity contribution in [1.29, 1.82) is 5.26 Å². The Balaban J connectivity index is 2.24. The van der Waals surface area contributed by atoms with Crippen molar-refractivity contribution < 1.29 is 14.4 Å². The van der Waals surface area contributed by atoms with Crippen molar-refractivity contribution in [3.8, 4) is 6.19 Å². The number of benzene rings is 1. The van der Waals surface area contributed by atoms with Gasteiger partial charge in [0.15, 0.2) is 6.19 Å². The molecular formula is C16H15N5O3. The maximum atomic E-state index is 12.3. The van der Waals surface area contributed by atoms with Crippen molar-refractivity contribution in [1.82, 2.24) is 14.9 Å². The standard InChI is InChI=1S/C16H15N5O3/c1-10-19-8-13(21(10)9-17)16(24)20-12(14(22)15(18)23)7-11-5-3-2-4-6-11/h2-6,8,12H,7H2,1H3,(H2,18,23)(H,20,24). The largest absolute Gasteiger partial charge is 0.363 e. The lowest BCUT2D eigenvalue weighted by Gasteiger charge is -2.16. The quantitative estimate of drug-likeness (QED) is 0.717. The summed E-state index contributed by atoms with van der Waals surface area (Å²) in [6.07, 6.45) is 3.15. The van der Waals surface area contributed by atoms with Gasteiger partial charge >= 0.3 is 0 Å². The van der Waals surface area contributed by atoms with Crippen LogP contribution in [0.25, 0.3) is 0 Å². The molecule has 8 heteroatoms. The van der Waals surface area contributed by atoms with Gasteiger partial charge in [-0.15, -0.1) is 0 Å². The van der Waals surface area contributed by atoms with Crippen molar-refractivity contribution >= 4 is 17.6 Å². The molecule has 0 spiro atoms. The molecule has 0 aliphatic rings. The normalized spacial score (nSPS) is 11.3. The van der Waals surface area contributed by atoms with E-state index in [0.29, 0.717) is 5.82 Å². The number of imidazole rings is 1. The fraction of sp³-hybridized carbons (Fsp3) is 0.188. The molecule has 0 aliphatic carbocycles. The van der Waals surface area contributed by atoms with E-state index in [1.165, 1.54) is 6.20 Å². The summed E-state index contributed by atoms with van der Waals surface area (Å²) in [4.78, 5) is 39.4. The minimum absolute atomic E-state index is 0.0228. The van der Waals surface area contributed by atoms with E-state index in [0.717, 1.165) is 10.1 Å². The fourth-order valence-electron chi connectivity index (χ4n) is 2.19. The number of nitrogens with one attached hydrogen (secondary N) is 1. The Morgan fingerprint density at radius 2 is 2.00 bits per heavy atom. The predicted molar refractivity (Wildman–Crippen MR) is 83.6 cm³/mol. The minimum atomic E-state index is -1.14. The minimum Gasteiger partial charge on any atom is -0.363 e. The molecule has 0 bridgehead atoms. The van der Waals surface area contributed by atoms with E-state index in [1.54, 1.807) is 37.3 Å². The molecule has 3 N–H and O–H groups in total. The number of nitriles is 1. The second-order valence-corrected chi connectivity index (χ2v) is 5.07. The van der Waals surface area contributed by atoms with E-state index in [1.807, 2.05) is 6.19 Å². The van der Waals surface area contributed by atoms with Gasteiger partial charge in [0, 0.05) is 6.42 Å². The first kappa shape index (κ1) is 16.9. The van der Waals surface area contributed by atoms with Crippen LogP contribution in [0.3, 0.4) is 0 Å². The molecule has 2 rings (SSSR count). The number of carbonyl (C=O) groups excluding carboxylic acids is 3. The molecule has 0 saturated carbocycles. The number of Topliss-reactive ketones (excluding diaryl/α,β-unsaturated/α-hetero) is 1. The SMILES string of the molecule is Cc1ncc(C(=O)NC(Cc2ccccc2)C(=O)C(N)=O)n1C#N. The Kier molecular flexibility index (Phi) is 5.06. The maximum absolute atomic E-state index is 12.3. The zero-order valence-corrected chi connectivity index (χ0v) is 12.9. The van der Waals surface area contributed by atoms with Crippen LogP contribution in [-0.2, 0) is 16.0 Å². The van der Waals surface area contributed by atoms with Crippen LogP contribution in [0.5, 0.6) is 0 Å². The lowest BCUT2D eigenvalue weighted by atomic mass is 10.0. The summed E-state index contributed by atoms with van der Waals surface area (Å²) in [5, 5.41) is 11.5. The summed E-state index contributed by atoms with van der Waals surface area (Å²) in [5.74, 6) is -2.40. The van der Waals surface area contributed by atoms with Crippen LogP contribution in [0.2, 0.25) is 0 Å². The number of amides is 2. The summed E-state index contributed by atoms with van der Waals surface area (Å²) >= 11 is 0. The van der Waals surface area contributed by atoms with Crippen LogP contribution in [0.1, 0.15) is 21.9 Å².